The Labute approximate surface area is 491 Å². The highest BCUT2D eigenvalue weighted by atomic mass is 16.1. The highest BCUT2D eigenvalue weighted by Crippen LogP contribution is 2.66. The van der Waals surface area contributed by atoms with Gasteiger partial charge in [-0.15, -0.1) is 0 Å². The van der Waals surface area contributed by atoms with Crippen molar-refractivity contribution in [2.24, 2.45) is 51.8 Å². The Bertz CT molecular complexity index is 2820. The van der Waals surface area contributed by atoms with Crippen molar-refractivity contribution in [3.8, 4) is 0 Å². The number of ketones is 3. The van der Waals surface area contributed by atoms with Crippen LogP contribution in [0.1, 0.15) is 251 Å². The second-order valence-corrected chi connectivity index (χ2v) is 27.1. The molecule has 3 heteroatoms. The van der Waals surface area contributed by atoms with E-state index in [-0.39, 0.29) is 0 Å². The van der Waals surface area contributed by atoms with E-state index in [4.69, 9.17) is 0 Å². The third kappa shape index (κ3) is 11.5. The maximum Gasteiger partial charge on any atom is 0.156 e. The average Bonchev–Trinajstić information content (AvgIpc) is 3.61. The molecule has 11 atom stereocenters. The van der Waals surface area contributed by atoms with Gasteiger partial charge < -0.3 is 0 Å². The van der Waals surface area contributed by atoms with Gasteiger partial charge in [0.2, 0.25) is 0 Å². The number of fused-ring (bicyclic) bond motifs is 12. The van der Waals surface area contributed by atoms with Crippen molar-refractivity contribution < 1.29 is 14.4 Å². The number of hydrogen-bond acceptors (Lipinski definition) is 3. The van der Waals surface area contributed by atoms with Gasteiger partial charge in [-0.25, -0.2) is 0 Å². The molecule has 81 heavy (non-hydrogen) atoms. The van der Waals surface area contributed by atoms with E-state index in [0.29, 0.717) is 45.4 Å². The maximum absolute atomic E-state index is 12.0. The van der Waals surface area contributed by atoms with E-state index < -0.39 is 0 Å². The topological polar surface area (TPSA) is 51.2 Å². The Kier molecular flexibility index (Phi) is 18.7. The molecule has 0 aliphatic heterocycles. The highest BCUT2D eigenvalue weighted by Gasteiger charge is 2.55. The zero-order chi connectivity index (χ0) is 57.1. The van der Waals surface area contributed by atoms with E-state index in [0.717, 1.165) is 93.3 Å². The molecule has 3 nitrogen and oxygen atoms in total. The Morgan fingerprint density at radius 1 is 0.407 bits per heavy atom. The first-order valence-electron chi connectivity index (χ1n) is 33.5. The molecule has 0 heterocycles. The molecule has 0 N–H and O–H groups in total. The van der Waals surface area contributed by atoms with E-state index in [1.54, 1.807) is 39.0 Å². The fourth-order valence-electron chi connectivity index (χ4n) is 19.8. The number of allylic oxidation sites excluding steroid dienone is 12. The molecule has 3 aromatic carbocycles. The Morgan fingerprint density at radius 3 is 1.31 bits per heavy atom. The molecule has 5 saturated carbocycles. The summed E-state index contributed by atoms with van der Waals surface area (Å²) in [6, 6.07) is 33.5. The fraction of sp³-hybridized carbons (Fsp3) is 0.577. The molecule has 0 radical (unpaired) electrons. The van der Waals surface area contributed by atoms with Crippen LogP contribution in [0.3, 0.4) is 0 Å². The molecule has 0 spiro atoms. The SMILES string of the molecule is CC.CC.CC.C[C@@]12CCCC1C1CCC3=C(CCC(=O)C3)C1=C(c1ccccc1)C2.C[C@@]12CCCC1C1CCC3=CC(=O)CCC3=C1[C@@H](c1ccccc1)C2.C[C@@]12CCCC1C1CCC3=CC(=O)CCC3=C1[C@H](c1ccccc1)C2. The number of rotatable bonds is 3. The summed E-state index contributed by atoms with van der Waals surface area (Å²) in [7, 11) is 0. The summed E-state index contributed by atoms with van der Waals surface area (Å²) in [6.07, 6.45) is 33.6. The van der Waals surface area contributed by atoms with Gasteiger partial charge in [-0.05, 0) is 235 Å². The minimum atomic E-state index is 0.343. The van der Waals surface area contributed by atoms with Gasteiger partial charge in [0.05, 0.1) is 0 Å². The predicted octanol–water partition coefficient (Wildman–Crippen LogP) is 21.1. The molecular formula is C78H102O3. The van der Waals surface area contributed by atoms with Gasteiger partial charge in [0, 0.05) is 37.5 Å². The summed E-state index contributed by atoms with van der Waals surface area (Å²) < 4.78 is 0. The van der Waals surface area contributed by atoms with Gasteiger partial charge in [0.15, 0.2) is 11.6 Å². The lowest BCUT2D eigenvalue weighted by molar-refractivity contribution is -0.119. The van der Waals surface area contributed by atoms with Crippen LogP contribution in [0.25, 0.3) is 5.57 Å². The van der Waals surface area contributed by atoms with Crippen molar-refractivity contribution in [2.75, 3.05) is 0 Å². The van der Waals surface area contributed by atoms with Gasteiger partial charge in [0.1, 0.15) is 5.78 Å². The van der Waals surface area contributed by atoms with Crippen LogP contribution in [-0.2, 0) is 14.4 Å². The Balaban J connectivity index is 0.000000130. The number of carbonyl (C=O) groups is 3. The fourth-order valence-corrected chi connectivity index (χ4v) is 19.8. The van der Waals surface area contributed by atoms with E-state index in [2.05, 4.69) is 112 Å². The lowest BCUT2D eigenvalue weighted by Crippen LogP contribution is -2.40. The largest absolute Gasteiger partial charge is 0.299 e. The summed E-state index contributed by atoms with van der Waals surface area (Å²) >= 11 is 0. The van der Waals surface area contributed by atoms with Crippen LogP contribution < -0.4 is 0 Å². The van der Waals surface area contributed by atoms with Gasteiger partial charge in [-0.3, -0.25) is 14.4 Å². The van der Waals surface area contributed by atoms with Crippen LogP contribution in [0.5, 0.6) is 0 Å². The summed E-state index contributed by atoms with van der Waals surface area (Å²) in [4.78, 5) is 35.9. The van der Waals surface area contributed by atoms with Crippen molar-refractivity contribution in [1.82, 2.24) is 0 Å². The van der Waals surface area contributed by atoms with Gasteiger partial charge in [-0.1, -0.05) is 189 Å². The lowest BCUT2D eigenvalue weighted by atomic mass is 9.53. The molecule has 432 valence electrons. The number of hydrogen-bond donors (Lipinski definition) is 0. The number of carbonyl (C=O) groups excluding carboxylic acids is 3. The molecule has 0 saturated heterocycles. The first-order valence-corrected chi connectivity index (χ1v) is 33.5. The van der Waals surface area contributed by atoms with Gasteiger partial charge in [-0.2, -0.15) is 0 Å². The average molecular weight is 1090 g/mol. The minimum absolute atomic E-state index is 0.343. The molecule has 0 amide bonds. The van der Waals surface area contributed by atoms with Crippen LogP contribution >= 0.6 is 0 Å². The molecule has 12 aliphatic carbocycles. The molecule has 5 fully saturated rings. The molecule has 6 unspecified atom stereocenters. The van der Waals surface area contributed by atoms with Crippen molar-refractivity contribution in [1.29, 1.82) is 0 Å². The van der Waals surface area contributed by atoms with E-state index in [9.17, 15) is 14.4 Å². The predicted molar refractivity (Wildman–Crippen MR) is 339 cm³/mol. The summed E-state index contributed by atoms with van der Waals surface area (Å²) in [5, 5.41) is 0. The van der Waals surface area contributed by atoms with Crippen molar-refractivity contribution in [2.45, 2.75) is 235 Å². The number of Topliss-reactive ketones (excluding diaryl/α,β-unsaturated/α-hetero) is 1. The first kappa shape index (κ1) is 59.3. The Morgan fingerprint density at radius 2 is 0.827 bits per heavy atom. The van der Waals surface area contributed by atoms with Gasteiger partial charge in [0.25, 0.3) is 0 Å². The third-order valence-electron chi connectivity index (χ3n) is 23.0. The van der Waals surface area contributed by atoms with Crippen LogP contribution in [0, 0.1) is 51.8 Å². The summed E-state index contributed by atoms with van der Waals surface area (Å²) in [6.45, 7) is 19.7. The van der Waals surface area contributed by atoms with Crippen LogP contribution in [-0.4, -0.2) is 17.3 Å². The van der Waals surface area contributed by atoms with E-state index in [1.165, 1.54) is 136 Å². The van der Waals surface area contributed by atoms with Crippen LogP contribution in [0.2, 0.25) is 0 Å². The standard InChI is InChI=1S/3C24H28O.3C2H6/c3*1-24-13-5-8-22(24)20-11-9-17-14-18(25)10-12-19(17)23(20)21(15-24)16-6-3-2-4-7-16;3*1-2/h2-4,6-7,20,22H,5,8-15H2,1H3;2*2-4,6-7,14,20-22H,5,8-13,15H2,1H3;3*1-2H3/t20?,22?,24-;20?,21-,22?,24+;20?,21-,22?,24-;;;/m010.../s1. The maximum atomic E-state index is 12.0. The molecule has 3 aromatic rings. The number of benzene rings is 3. The van der Waals surface area contributed by atoms with Crippen molar-refractivity contribution >= 4 is 22.9 Å². The van der Waals surface area contributed by atoms with E-state index >= 15 is 0 Å². The monoisotopic (exact) mass is 1090 g/mol. The Hall–Kier alpha value is -4.89. The lowest BCUT2D eigenvalue weighted by Gasteiger charge is -2.51. The normalized spacial score (nSPS) is 33.9. The van der Waals surface area contributed by atoms with Crippen molar-refractivity contribution in [3.05, 3.63) is 170 Å². The smallest absolute Gasteiger partial charge is 0.156 e. The first-order chi connectivity index (χ1) is 39.5. The second kappa shape index (κ2) is 25.5. The van der Waals surface area contributed by atoms with Crippen LogP contribution in [0.4, 0.5) is 0 Å². The van der Waals surface area contributed by atoms with Gasteiger partial charge >= 0.3 is 0 Å². The molecule has 15 rings (SSSR count). The van der Waals surface area contributed by atoms with E-state index in [1.807, 2.05) is 53.7 Å². The van der Waals surface area contributed by atoms with Crippen LogP contribution in [0.15, 0.2) is 153 Å². The second-order valence-electron chi connectivity index (χ2n) is 27.1. The molecule has 12 aliphatic rings. The molecule has 0 bridgehead atoms. The van der Waals surface area contributed by atoms with Crippen molar-refractivity contribution in [3.63, 3.8) is 0 Å². The summed E-state index contributed by atoms with van der Waals surface area (Å²) in [5.41, 5.74) is 21.7. The minimum Gasteiger partial charge on any atom is -0.299 e. The quantitative estimate of drug-likeness (QED) is 0.263. The highest BCUT2D eigenvalue weighted by molar-refractivity contribution is 5.93. The molecule has 0 aromatic heterocycles. The third-order valence-corrected chi connectivity index (χ3v) is 23.0. The zero-order valence-corrected chi connectivity index (χ0v) is 51.8. The zero-order valence-electron chi connectivity index (χ0n) is 51.8. The summed E-state index contributed by atoms with van der Waals surface area (Å²) in [5.74, 6) is 7.13. The molecular weight excluding hydrogens is 985 g/mol.